The summed E-state index contributed by atoms with van der Waals surface area (Å²) >= 11 is 0. The molecule has 0 amide bonds. The Morgan fingerprint density at radius 1 is 1.15 bits per heavy atom. The molecular weight excluding hydrogens is 252 g/mol. The Morgan fingerprint density at radius 3 is 2.70 bits per heavy atom. The fraction of sp³-hybridized carbons (Fsp3) is 0.765. The first kappa shape index (κ1) is 13.8. The van der Waals surface area contributed by atoms with Crippen molar-refractivity contribution in [2.75, 3.05) is 0 Å². The number of unbranched alkanes of at least 4 members (excludes halogenated alkanes) is 5. The molecule has 0 aromatic rings. The molecule has 1 saturated carbocycles. The predicted molar refractivity (Wildman–Crippen MR) is 75.8 cm³/mol. The van der Waals surface area contributed by atoms with E-state index in [0.717, 1.165) is 25.7 Å². The van der Waals surface area contributed by atoms with E-state index in [4.69, 9.17) is 4.74 Å². The Hall–Kier alpha value is -1.12. The quantitative estimate of drug-likeness (QED) is 0.309. The highest BCUT2D eigenvalue weighted by Gasteiger charge is 2.68. The normalized spacial score (nSPS) is 37.5. The van der Waals surface area contributed by atoms with E-state index in [1.165, 1.54) is 25.7 Å². The third kappa shape index (κ3) is 1.94. The van der Waals surface area contributed by atoms with Gasteiger partial charge in [0.2, 0.25) is 0 Å². The van der Waals surface area contributed by atoms with Gasteiger partial charge in [0.05, 0.1) is 11.3 Å². The van der Waals surface area contributed by atoms with Crippen LogP contribution >= 0.6 is 0 Å². The minimum Gasteiger partial charge on any atom is -0.392 e. The molecule has 20 heavy (non-hydrogen) atoms. The Morgan fingerprint density at radius 2 is 1.90 bits per heavy atom. The van der Waals surface area contributed by atoms with Crippen LogP contribution in [0.1, 0.15) is 58.3 Å². The number of cyclic esters (lactones) is 2. The third-order valence-electron chi connectivity index (χ3n) is 5.53. The van der Waals surface area contributed by atoms with Crippen molar-refractivity contribution in [3.05, 3.63) is 12.2 Å². The molecular formula is C17H24O3. The zero-order valence-electron chi connectivity index (χ0n) is 12.3. The Labute approximate surface area is 120 Å². The van der Waals surface area contributed by atoms with Crippen LogP contribution < -0.4 is 0 Å². The van der Waals surface area contributed by atoms with Gasteiger partial charge in [0.15, 0.2) is 0 Å². The van der Waals surface area contributed by atoms with Crippen molar-refractivity contribution in [1.82, 2.24) is 0 Å². The molecule has 1 heterocycles. The number of carbonyl (C=O) groups excluding carboxylic acids is 2. The number of esters is 2. The predicted octanol–water partition coefficient (Wildman–Crippen LogP) is 3.63. The largest absolute Gasteiger partial charge is 0.392 e. The molecule has 3 nitrogen and oxygen atoms in total. The summed E-state index contributed by atoms with van der Waals surface area (Å²) < 4.78 is 4.99. The van der Waals surface area contributed by atoms with Crippen LogP contribution in [0.4, 0.5) is 0 Å². The first-order valence-electron chi connectivity index (χ1n) is 8.14. The average Bonchev–Trinajstić information content (AvgIpc) is 3.07. The number of hydrogen-bond donors (Lipinski definition) is 0. The molecule has 0 N–H and O–H groups in total. The third-order valence-corrected chi connectivity index (χ3v) is 5.53. The van der Waals surface area contributed by atoms with E-state index < -0.39 is 5.41 Å². The second-order valence-electron chi connectivity index (χ2n) is 6.64. The zero-order valence-corrected chi connectivity index (χ0v) is 12.3. The van der Waals surface area contributed by atoms with Gasteiger partial charge in [0.25, 0.3) is 0 Å². The Bertz CT molecular complexity index is 440. The molecule has 1 aliphatic heterocycles. The lowest BCUT2D eigenvalue weighted by Crippen LogP contribution is -2.37. The second-order valence-corrected chi connectivity index (χ2v) is 6.64. The van der Waals surface area contributed by atoms with Gasteiger partial charge in [-0.2, -0.15) is 0 Å². The van der Waals surface area contributed by atoms with E-state index in [9.17, 15) is 9.59 Å². The van der Waals surface area contributed by atoms with Crippen LogP contribution in [-0.2, 0) is 14.3 Å². The maximum absolute atomic E-state index is 12.3. The van der Waals surface area contributed by atoms with Crippen molar-refractivity contribution in [3.8, 4) is 0 Å². The molecule has 2 aliphatic carbocycles. The van der Waals surface area contributed by atoms with E-state index in [-0.39, 0.29) is 29.7 Å². The first-order valence-corrected chi connectivity index (χ1v) is 8.14. The van der Waals surface area contributed by atoms with Crippen molar-refractivity contribution < 1.29 is 14.3 Å². The molecule has 4 atom stereocenters. The molecule has 3 aliphatic rings. The fourth-order valence-electron chi connectivity index (χ4n) is 4.52. The first-order chi connectivity index (χ1) is 9.70. The van der Waals surface area contributed by atoms with Crippen molar-refractivity contribution in [2.24, 2.45) is 23.2 Å². The highest BCUT2D eigenvalue weighted by atomic mass is 16.6. The van der Waals surface area contributed by atoms with Crippen LogP contribution in [0.2, 0.25) is 0 Å². The molecule has 110 valence electrons. The van der Waals surface area contributed by atoms with E-state index in [1.807, 2.05) is 0 Å². The highest BCUT2D eigenvalue weighted by molar-refractivity contribution is 6.00. The van der Waals surface area contributed by atoms with Gasteiger partial charge in [-0.15, -0.1) is 0 Å². The molecule has 3 rings (SSSR count). The zero-order chi connectivity index (χ0) is 14.2. The number of hydrogen-bond acceptors (Lipinski definition) is 3. The SMILES string of the molecule is CCCCCCCC[C@]12C(=O)OC(=O)[C@H]1C1C=CC2C1. The fourth-order valence-corrected chi connectivity index (χ4v) is 4.52. The highest BCUT2D eigenvalue weighted by Crippen LogP contribution is 2.62. The number of carbonyl (C=O) groups is 2. The van der Waals surface area contributed by atoms with Gasteiger partial charge >= 0.3 is 11.9 Å². The maximum Gasteiger partial charge on any atom is 0.321 e. The van der Waals surface area contributed by atoms with Gasteiger partial charge in [-0.05, 0) is 24.7 Å². The molecule has 0 aromatic carbocycles. The topological polar surface area (TPSA) is 43.4 Å². The molecule has 2 bridgehead atoms. The van der Waals surface area contributed by atoms with E-state index >= 15 is 0 Å². The van der Waals surface area contributed by atoms with Crippen molar-refractivity contribution in [3.63, 3.8) is 0 Å². The van der Waals surface area contributed by atoms with E-state index in [0.29, 0.717) is 0 Å². The number of fused-ring (bicyclic) bond motifs is 5. The van der Waals surface area contributed by atoms with Crippen LogP contribution in [0, 0.1) is 23.2 Å². The van der Waals surface area contributed by atoms with Crippen molar-refractivity contribution >= 4 is 11.9 Å². The lowest BCUT2D eigenvalue weighted by atomic mass is 9.67. The summed E-state index contributed by atoms with van der Waals surface area (Å²) in [6, 6.07) is 0. The maximum atomic E-state index is 12.3. The summed E-state index contributed by atoms with van der Waals surface area (Å²) in [5.41, 5.74) is -0.499. The van der Waals surface area contributed by atoms with Crippen LogP contribution in [0.5, 0.6) is 0 Å². The number of rotatable bonds is 7. The van der Waals surface area contributed by atoms with Gasteiger partial charge in [0, 0.05) is 0 Å². The summed E-state index contributed by atoms with van der Waals surface area (Å²) in [5, 5.41) is 0. The van der Waals surface area contributed by atoms with E-state index in [2.05, 4.69) is 19.1 Å². The van der Waals surface area contributed by atoms with Gasteiger partial charge in [-0.3, -0.25) is 9.59 Å². The summed E-state index contributed by atoms with van der Waals surface area (Å²) in [6.45, 7) is 2.21. The lowest BCUT2D eigenvalue weighted by molar-refractivity contribution is -0.156. The van der Waals surface area contributed by atoms with Crippen LogP contribution in [0.25, 0.3) is 0 Å². The minimum atomic E-state index is -0.499. The summed E-state index contributed by atoms with van der Waals surface area (Å²) in [5.74, 6) is -0.192. The summed E-state index contributed by atoms with van der Waals surface area (Å²) in [7, 11) is 0. The molecule has 0 aromatic heterocycles. The molecule has 2 unspecified atom stereocenters. The number of ether oxygens (including phenoxy) is 1. The molecule has 0 spiro atoms. The van der Waals surface area contributed by atoms with Crippen LogP contribution in [0.15, 0.2) is 12.2 Å². The molecule has 2 fully saturated rings. The van der Waals surface area contributed by atoms with E-state index in [1.54, 1.807) is 0 Å². The van der Waals surface area contributed by atoms with Gasteiger partial charge < -0.3 is 4.74 Å². The van der Waals surface area contributed by atoms with Gasteiger partial charge in [-0.25, -0.2) is 0 Å². The van der Waals surface area contributed by atoms with Crippen molar-refractivity contribution in [2.45, 2.75) is 58.3 Å². The van der Waals surface area contributed by atoms with Gasteiger partial charge in [0.1, 0.15) is 0 Å². The smallest absolute Gasteiger partial charge is 0.321 e. The Balaban J connectivity index is 1.62. The molecule has 0 radical (unpaired) electrons. The monoisotopic (exact) mass is 276 g/mol. The van der Waals surface area contributed by atoms with Gasteiger partial charge in [-0.1, -0.05) is 57.6 Å². The second kappa shape index (κ2) is 5.34. The summed E-state index contributed by atoms with van der Waals surface area (Å²) in [6.07, 6.45) is 13.3. The van der Waals surface area contributed by atoms with Crippen LogP contribution in [0.3, 0.4) is 0 Å². The average molecular weight is 276 g/mol. The summed E-state index contributed by atoms with van der Waals surface area (Å²) in [4.78, 5) is 24.2. The standard InChI is InChI=1S/C17H24O3/c1-2-3-4-5-6-7-10-17-13-9-8-12(11-13)14(17)15(18)20-16(17)19/h8-9,12-14H,2-7,10-11H2,1H3/t12?,13?,14-,17-/m1/s1. The minimum absolute atomic E-state index is 0.180. The lowest BCUT2D eigenvalue weighted by Gasteiger charge is -2.31. The number of allylic oxidation sites excluding steroid dienone is 2. The molecule has 3 heteroatoms. The molecule has 1 saturated heterocycles. The Kier molecular flexibility index (Phi) is 3.70. The van der Waals surface area contributed by atoms with Crippen LogP contribution in [-0.4, -0.2) is 11.9 Å². The van der Waals surface area contributed by atoms with Crippen molar-refractivity contribution in [1.29, 1.82) is 0 Å².